The van der Waals surface area contributed by atoms with Gasteiger partial charge >= 0.3 is 0 Å². The van der Waals surface area contributed by atoms with E-state index in [0.717, 1.165) is 12.8 Å². The van der Waals surface area contributed by atoms with Gasteiger partial charge in [0.2, 0.25) is 0 Å². The average Bonchev–Trinajstić information content (AvgIpc) is 3.17. The van der Waals surface area contributed by atoms with Gasteiger partial charge in [0.1, 0.15) is 0 Å². The molecule has 1 amide bonds. The number of nitrogens with one attached hydrogen (secondary N) is 1. The molecule has 1 aromatic rings. The molecule has 0 aromatic heterocycles. The second-order valence-corrected chi connectivity index (χ2v) is 5.62. The van der Waals surface area contributed by atoms with E-state index in [4.69, 9.17) is 0 Å². The van der Waals surface area contributed by atoms with Crippen molar-refractivity contribution in [3.8, 4) is 0 Å². The number of aliphatic hydroxyl groups excluding tert-OH is 1. The number of rotatable bonds is 5. The van der Waals surface area contributed by atoms with Crippen LogP contribution in [-0.4, -0.2) is 24.2 Å². The lowest BCUT2D eigenvalue weighted by atomic mass is 10.0. The minimum absolute atomic E-state index is 0.0342. The molecule has 0 saturated heterocycles. The van der Waals surface area contributed by atoms with Gasteiger partial charge in [0.15, 0.2) is 0 Å². The van der Waals surface area contributed by atoms with Crippen LogP contribution in [0.3, 0.4) is 0 Å². The lowest BCUT2D eigenvalue weighted by Crippen LogP contribution is -2.31. The number of amides is 1. The SMILES string of the molecule is CC(C)c1ccc(C(=O)NCC2(CO)CC2)cc1. The van der Waals surface area contributed by atoms with Crippen LogP contribution in [0.4, 0.5) is 0 Å². The first-order valence-electron chi connectivity index (χ1n) is 6.55. The van der Waals surface area contributed by atoms with Crippen molar-refractivity contribution in [2.45, 2.75) is 32.6 Å². The Morgan fingerprint density at radius 3 is 2.39 bits per heavy atom. The highest BCUT2D eigenvalue weighted by atomic mass is 16.3. The molecule has 0 atom stereocenters. The number of hydrogen-bond acceptors (Lipinski definition) is 2. The lowest BCUT2D eigenvalue weighted by molar-refractivity contribution is 0.0935. The van der Waals surface area contributed by atoms with Crippen LogP contribution in [-0.2, 0) is 0 Å². The van der Waals surface area contributed by atoms with Gasteiger partial charge in [-0.3, -0.25) is 4.79 Å². The van der Waals surface area contributed by atoms with E-state index in [1.807, 2.05) is 24.3 Å². The molecule has 0 unspecified atom stereocenters. The van der Waals surface area contributed by atoms with Crippen LogP contribution >= 0.6 is 0 Å². The minimum Gasteiger partial charge on any atom is -0.396 e. The van der Waals surface area contributed by atoms with E-state index in [-0.39, 0.29) is 17.9 Å². The third kappa shape index (κ3) is 2.91. The fraction of sp³-hybridized carbons (Fsp3) is 0.533. The van der Waals surface area contributed by atoms with Crippen LogP contribution in [0.5, 0.6) is 0 Å². The molecule has 3 nitrogen and oxygen atoms in total. The first-order chi connectivity index (χ1) is 8.56. The van der Waals surface area contributed by atoms with Crippen LogP contribution in [0, 0.1) is 5.41 Å². The summed E-state index contributed by atoms with van der Waals surface area (Å²) >= 11 is 0. The summed E-state index contributed by atoms with van der Waals surface area (Å²) in [4.78, 5) is 11.9. The zero-order valence-electron chi connectivity index (χ0n) is 11.1. The Morgan fingerprint density at radius 2 is 1.94 bits per heavy atom. The Labute approximate surface area is 108 Å². The van der Waals surface area contributed by atoms with Gasteiger partial charge in [0.25, 0.3) is 5.91 Å². The van der Waals surface area contributed by atoms with E-state index in [1.54, 1.807) is 0 Å². The quantitative estimate of drug-likeness (QED) is 0.839. The van der Waals surface area contributed by atoms with E-state index in [0.29, 0.717) is 18.0 Å². The standard InChI is InChI=1S/C15H21NO2/c1-11(2)12-3-5-13(6-4-12)14(18)16-9-15(10-17)7-8-15/h3-6,11,17H,7-10H2,1-2H3,(H,16,18). The number of hydrogen-bond donors (Lipinski definition) is 2. The third-order valence-corrected chi connectivity index (χ3v) is 3.76. The fourth-order valence-electron chi connectivity index (χ4n) is 1.96. The van der Waals surface area contributed by atoms with Crippen molar-refractivity contribution in [1.29, 1.82) is 0 Å². The molecule has 1 saturated carbocycles. The van der Waals surface area contributed by atoms with Crippen LogP contribution < -0.4 is 5.32 Å². The molecule has 1 aliphatic carbocycles. The molecule has 1 aromatic carbocycles. The third-order valence-electron chi connectivity index (χ3n) is 3.76. The van der Waals surface area contributed by atoms with Crippen LogP contribution in [0.2, 0.25) is 0 Å². The first-order valence-corrected chi connectivity index (χ1v) is 6.55. The molecular formula is C15H21NO2. The maximum absolute atomic E-state index is 11.9. The smallest absolute Gasteiger partial charge is 0.251 e. The van der Waals surface area contributed by atoms with Gasteiger partial charge in [-0.1, -0.05) is 26.0 Å². The summed E-state index contributed by atoms with van der Waals surface area (Å²) in [5, 5.41) is 12.1. The maximum atomic E-state index is 11.9. The number of aliphatic hydroxyl groups is 1. The van der Waals surface area contributed by atoms with Crippen LogP contribution in [0.15, 0.2) is 24.3 Å². The van der Waals surface area contributed by atoms with Crippen molar-refractivity contribution in [2.24, 2.45) is 5.41 Å². The highest BCUT2D eigenvalue weighted by Crippen LogP contribution is 2.44. The number of carbonyl (C=O) groups excluding carboxylic acids is 1. The molecule has 0 aliphatic heterocycles. The predicted octanol–water partition coefficient (Wildman–Crippen LogP) is 2.31. The van der Waals surface area contributed by atoms with Crippen molar-refractivity contribution in [1.82, 2.24) is 5.32 Å². The van der Waals surface area contributed by atoms with Gasteiger partial charge in [0, 0.05) is 17.5 Å². The van der Waals surface area contributed by atoms with Gasteiger partial charge in [-0.25, -0.2) is 0 Å². The Morgan fingerprint density at radius 1 is 1.33 bits per heavy atom. The molecular weight excluding hydrogens is 226 g/mol. The summed E-state index contributed by atoms with van der Waals surface area (Å²) in [5.74, 6) is 0.427. The highest BCUT2D eigenvalue weighted by Gasteiger charge is 2.42. The molecule has 0 spiro atoms. The summed E-state index contributed by atoms with van der Waals surface area (Å²) in [6, 6.07) is 7.73. The highest BCUT2D eigenvalue weighted by molar-refractivity contribution is 5.94. The zero-order chi connectivity index (χ0) is 13.2. The van der Waals surface area contributed by atoms with Gasteiger partial charge in [-0.05, 0) is 36.5 Å². The summed E-state index contributed by atoms with van der Waals surface area (Å²) in [6.45, 7) is 5.01. The lowest BCUT2D eigenvalue weighted by Gasteiger charge is -2.13. The monoisotopic (exact) mass is 247 g/mol. The Balaban J connectivity index is 1.92. The predicted molar refractivity (Wildman–Crippen MR) is 71.6 cm³/mol. The van der Waals surface area contributed by atoms with Crippen LogP contribution in [0.25, 0.3) is 0 Å². The summed E-state index contributed by atoms with van der Waals surface area (Å²) in [7, 11) is 0. The molecule has 1 aliphatic rings. The average molecular weight is 247 g/mol. The van der Waals surface area contributed by atoms with E-state index in [9.17, 15) is 9.90 Å². The molecule has 0 bridgehead atoms. The topological polar surface area (TPSA) is 49.3 Å². The Kier molecular flexibility index (Phi) is 3.71. The van der Waals surface area contributed by atoms with Gasteiger partial charge in [-0.2, -0.15) is 0 Å². The van der Waals surface area contributed by atoms with E-state index >= 15 is 0 Å². The zero-order valence-corrected chi connectivity index (χ0v) is 11.1. The van der Waals surface area contributed by atoms with Crippen molar-refractivity contribution < 1.29 is 9.90 Å². The second kappa shape index (κ2) is 5.11. The van der Waals surface area contributed by atoms with Gasteiger partial charge in [-0.15, -0.1) is 0 Å². The largest absolute Gasteiger partial charge is 0.396 e. The van der Waals surface area contributed by atoms with E-state index in [2.05, 4.69) is 19.2 Å². The minimum atomic E-state index is -0.0509. The van der Waals surface area contributed by atoms with Crippen molar-refractivity contribution in [2.75, 3.05) is 13.2 Å². The Bertz CT molecular complexity index is 419. The number of benzene rings is 1. The Hall–Kier alpha value is -1.35. The van der Waals surface area contributed by atoms with Crippen molar-refractivity contribution in [3.05, 3.63) is 35.4 Å². The molecule has 0 heterocycles. The first kappa shape index (κ1) is 13.1. The molecule has 0 radical (unpaired) electrons. The normalized spacial score (nSPS) is 16.7. The maximum Gasteiger partial charge on any atom is 0.251 e. The van der Waals surface area contributed by atoms with E-state index in [1.165, 1.54) is 5.56 Å². The molecule has 1 fully saturated rings. The van der Waals surface area contributed by atoms with Crippen molar-refractivity contribution in [3.63, 3.8) is 0 Å². The molecule has 2 rings (SSSR count). The molecule has 18 heavy (non-hydrogen) atoms. The fourth-order valence-corrected chi connectivity index (χ4v) is 1.96. The molecule has 98 valence electrons. The van der Waals surface area contributed by atoms with Gasteiger partial charge < -0.3 is 10.4 Å². The number of carbonyl (C=O) groups is 1. The second-order valence-electron chi connectivity index (χ2n) is 5.62. The van der Waals surface area contributed by atoms with Crippen LogP contribution in [0.1, 0.15) is 48.5 Å². The summed E-state index contributed by atoms with van der Waals surface area (Å²) < 4.78 is 0. The molecule has 2 N–H and O–H groups in total. The molecule has 3 heteroatoms. The van der Waals surface area contributed by atoms with Crippen molar-refractivity contribution >= 4 is 5.91 Å². The summed E-state index contributed by atoms with van der Waals surface area (Å²) in [5.41, 5.74) is 1.89. The van der Waals surface area contributed by atoms with E-state index < -0.39 is 0 Å². The summed E-state index contributed by atoms with van der Waals surface area (Å²) in [6.07, 6.45) is 2.02. The van der Waals surface area contributed by atoms with Gasteiger partial charge in [0.05, 0.1) is 6.61 Å².